The lowest BCUT2D eigenvalue weighted by molar-refractivity contribution is -0.137. The molecule has 1 aliphatic carbocycles. The highest BCUT2D eigenvalue weighted by Crippen LogP contribution is 2.32. The van der Waals surface area contributed by atoms with Crippen LogP contribution in [0.4, 0.5) is 13.2 Å². The topological polar surface area (TPSA) is 29.5 Å². The van der Waals surface area contributed by atoms with Crippen molar-refractivity contribution >= 4 is 5.91 Å². The number of hydrogen-bond acceptors (Lipinski definition) is 2. The van der Waals surface area contributed by atoms with E-state index in [1.165, 1.54) is 12.1 Å². The highest BCUT2D eigenvalue weighted by atomic mass is 19.4. The van der Waals surface area contributed by atoms with E-state index in [-0.39, 0.29) is 11.9 Å². The molecule has 0 spiro atoms. The second-order valence-corrected chi connectivity index (χ2v) is 6.49. The SMILES string of the molecule is COCc1cccc(C(=O)N(Cc2ccc(C(F)(F)F)cc2)C2CC2)c1. The summed E-state index contributed by atoms with van der Waals surface area (Å²) in [5, 5.41) is 0. The second-order valence-electron chi connectivity index (χ2n) is 6.49. The van der Waals surface area contributed by atoms with Gasteiger partial charge in [-0.25, -0.2) is 0 Å². The number of nitrogens with zero attached hydrogens (tertiary/aromatic N) is 1. The van der Waals surface area contributed by atoms with Gasteiger partial charge in [-0.05, 0) is 48.2 Å². The number of halogens is 3. The molecule has 0 aliphatic heterocycles. The Balaban J connectivity index is 1.77. The van der Waals surface area contributed by atoms with Crippen LogP contribution in [0, 0.1) is 0 Å². The maximum absolute atomic E-state index is 12.9. The monoisotopic (exact) mass is 363 g/mol. The van der Waals surface area contributed by atoms with Crippen LogP contribution in [0.1, 0.15) is 39.9 Å². The van der Waals surface area contributed by atoms with Crippen molar-refractivity contribution in [2.24, 2.45) is 0 Å². The fraction of sp³-hybridized carbons (Fsp3) is 0.350. The van der Waals surface area contributed by atoms with E-state index in [0.717, 1.165) is 30.5 Å². The van der Waals surface area contributed by atoms with E-state index in [9.17, 15) is 18.0 Å². The zero-order valence-corrected chi connectivity index (χ0v) is 14.4. The molecule has 1 saturated carbocycles. The summed E-state index contributed by atoms with van der Waals surface area (Å²) in [6, 6.07) is 12.4. The number of methoxy groups -OCH3 is 1. The van der Waals surface area contributed by atoms with Crippen LogP contribution in [0.15, 0.2) is 48.5 Å². The average molecular weight is 363 g/mol. The Bertz CT molecular complexity index is 767. The molecule has 138 valence electrons. The highest BCUT2D eigenvalue weighted by molar-refractivity contribution is 5.94. The summed E-state index contributed by atoms with van der Waals surface area (Å²) in [5.74, 6) is -0.106. The lowest BCUT2D eigenvalue weighted by Crippen LogP contribution is -2.32. The summed E-state index contributed by atoms with van der Waals surface area (Å²) in [5.41, 5.74) is 1.48. The van der Waals surface area contributed by atoms with E-state index in [2.05, 4.69) is 0 Å². The van der Waals surface area contributed by atoms with Gasteiger partial charge in [0.15, 0.2) is 0 Å². The Morgan fingerprint density at radius 1 is 1.12 bits per heavy atom. The third-order valence-corrected chi connectivity index (χ3v) is 4.37. The van der Waals surface area contributed by atoms with Gasteiger partial charge in [0.2, 0.25) is 0 Å². The molecule has 0 N–H and O–H groups in total. The standard InChI is InChI=1S/C20H20F3NO2/c1-26-13-15-3-2-4-16(11-15)19(25)24(18-9-10-18)12-14-5-7-17(8-6-14)20(21,22)23/h2-8,11,18H,9-10,12-13H2,1H3. The van der Waals surface area contributed by atoms with Crippen molar-refractivity contribution in [2.75, 3.05) is 7.11 Å². The molecule has 1 fully saturated rings. The van der Waals surface area contributed by atoms with Crippen LogP contribution < -0.4 is 0 Å². The van der Waals surface area contributed by atoms with E-state index in [1.807, 2.05) is 12.1 Å². The summed E-state index contributed by atoms with van der Waals surface area (Å²) in [4.78, 5) is 14.7. The first kappa shape index (κ1) is 18.5. The Hall–Kier alpha value is -2.34. The number of ether oxygens (including phenoxy) is 1. The van der Waals surface area contributed by atoms with Gasteiger partial charge in [-0.15, -0.1) is 0 Å². The van der Waals surface area contributed by atoms with Crippen molar-refractivity contribution in [3.8, 4) is 0 Å². The molecule has 0 bridgehead atoms. The summed E-state index contributed by atoms with van der Waals surface area (Å²) in [6.45, 7) is 0.722. The quantitative estimate of drug-likeness (QED) is 0.747. The smallest absolute Gasteiger partial charge is 0.380 e. The van der Waals surface area contributed by atoms with Gasteiger partial charge in [-0.3, -0.25) is 4.79 Å². The molecule has 3 rings (SSSR count). The number of carbonyl (C=O) groups is 1. The Morgan fingerprint density at radius 2 is 1.81 bits per heavy atom. The first-order chi connectivity index (χ1) is 12.4. The van der Waals surface area contributed by atoms with Crippen molar-refractivity contribution < 1.29 is 22.7 Å². The molecule has 0 unspecified atom stereocenters. The molecule has 6 heteroatoms. The van der Waals surface area contributed by atoms with Crippen LogP contribution in [0.3, 0.4) is 0 Å². The molecule has 2 aromatic rings. The van der Waals surface area contributed by atoms with Crippen LogP contribution in [0.25, 0.3) is 0 Å². The van der Waals surface area contributed by atoms with E-state index >= 15 is 0 Å². The zero-order chi connectivity index (χ0) is 18.7. The summed E-state index contributed by atoms with van der Waals surface area (Å²) < 4.78 is 43.2. The Morgan fingerprint density at radius 3 is 2.38 bits per heavy atom. The minimum absolute atomic E-state index is 0.106. The predicted octanol–water partition coefficient (Wildman–Crippen LogP) is 4.66. The third-order valence-electron chi connectivity index (χ3n) is 4.37. The van der Waals surface area contributed by atoms with E-state index in [1.54, 1.807) is 24.1 Å². The highest BCUT2D eigenvalue weighted by Gasteiger charge is 2.34. The lowest BCUT2D eigenvalue weighted by Gasteiger charge is -2.23. The van der Waals surface area contributed by atoms with Crippen molar-refractivity contribution in [3.63, 3.8) is 0 Å². The molecular weight excluding hydrogens is 343 g/mol. The van der Waals surface area contributed by atoms with E-state index in [4.69, 9.17) is 4.74 Å². The van der Waals surface area contributed by atoms with Gasteiger partial charge in [-0.1, -0.05) is 24.3 Å². The molecule has 2 aromatic carbocycles. The van der Waals surface area contributed by atoms with Gasteiger partial charge in [0, 0.05) is 25.3 Å². The van der Waals surface area contributed by atoms with Gasteiger partial charge in [-0.2, -0.15) is 13.2 Å². The van der Waals surface area contributed by atoms with Gasteiger partial charge >= 0.3 is 6.18 Å². The Labute approximate surface area is 150 Å². The normalized spacial score (nSPS) is 14.3. The summed E-state index contributed by atoms with van der Waals surface area (Å²) in [6.07, 6.45) is -2.51. The first-order valence-corrected chi connectivity index (χ1v) is 8.43. The van der Waals surface area contributed by atoms with Crippen LogP contribution in [-0.4, -0.2) is 24.0 Å². The van der Waals surface area contributed by atoms with Crippen LogP contribution in [0.5, 0.6) is 0 Å². The van der Waals surface area contributed by atoms with E-state index < -0.39 is 11.7 Å². The third kappa shape index (κ3) is 4.43. The van der Waals surface area contributed by atoms with Crippen LogP contribution >= 0.6 is 0 Å². The maximum atomic E-state index is 12.9. The molecule has 0 atom stereocenters. The van der Waals surface area contributed by atoms with Crippen molar-refractivity contribution in [1.29, 1.82) is 0 Å². The summed E-state index contributed by atoms with van der Waals surface area (Å²) in [7, 11) is 1.59. The average Bonchev–Trinajstić information content (AvgIpc) is 3.44. The maximum Gasteiger partial charge on any atom is 0.416 e. The molecule has 0 radical (unpaired) electrons. The minimum Gasteiger partial charge on any atom is -0.380 e. The molecule has 1 amide bonds. The second kappa shape index (κ2) is 7.50. The fourth-order valence-electron chi connectivity index (χ4n) is 2.88. The Kier molecular flexibility index (Phi) is 5.32. The largest absolute Gasteiger partial charge is 0.416 e. The number of rotatable bonds is 6. The van der Waals surface area contributed by atoms with Crippen LogP contribution in [-0.2, 0) is 24.1 Å². The molecule has 3 nitrogen and oxygen atoms in total. The number of amides is 1. The lowest BCUT2D eigenvalue weighted by atomic mass is 10.1. The fourth-order valence-corrected chi connectivity index (χ4v) is 2.88. The van der Waals surface area contributed by atoms with Crippen molar-refractivity contribution in [3.05, 3.63) is 70.8 Å². The van der Waals surface area contributed by atoms with Crippen LogP contribution in [0.2, 0.25) is 0 Å². The molecule has 0 aromatic heterocycles. The first-order valence-electron chi connectivity index (χ1n) is 8.43. The molecule has 0 heterocycles. The van der Waals surface area contributed by atoms with Gasteiger partial charge in [0.1, 0.15) is 0 Å². The van der Waals surface area contributed by atoms with Gasteiger partial charge in [0.25, 0.3) is 5.91 Å². The van der Waals surface area contributed by atoms with Gasteiger partial charge in [0.05, 0.1) is 12.2 Å². The number of carbonyl (C=O) groups excluding carboxylic acids is 1. The number of alkyl halides is 3. The minimum atomic E-state index is -4.35. The molecule has 26 heavy (non-hydrogen) atoms. The molecular formula is C20H20F3NO2. The number of benzene rings is 2. The van der Waals surface area contributed by atoms with Crippen molar-refractivity contribution in [1.82, 2.24) is 4.90 Å². The molecule has 0 saturated heterocycles. The zero-order valence-electron chi connectivity index (χ0n) is 14.4. The van der Waals surface area contributed by atoms with Gasteiger partial charge < -0.3 is 9.64 Å². The summed E-state index contributed by atoms with van der Waals surface area (Å²) >= 11 is 0. The van der Waals surface area contributed by atoms with Crippen molar-refractivity contribution in [2.45, 2.75) is 38.2 Å². The molecule has 1 aliphatic rings. The van der Waals surface area contributed by atoms with E-state index in [0.29, 0.717) is 24.3 Å². The number of hydrogen-bond donors (Lipinski definition) is 0. The predicted molar refractivity (Wildman–Crippen MR) is 91.5 cm³/mol.